The lowest BCUT2D eigenvalue weighted by atomic mass is 10.0. The molecule has 0 atom stereocenters. The first-order chi connectivity index (χ1) is 8.06. The summed E-state index contributed by atoms with van der Waals surface area (Å²) in [4.78, 5) is 11.1. The van der Waals surface area contributed by atoms with Crippen LogP contribution in [0.25, 0.3) is 11.1 Å². The number of primary amides is 1. The number of nitrogens with two attached hydrogens (primary N) is 3. The van der Waals surface area contributed by atoms with Crippen LogP contribution < -0.4 is 17.2 Å². The molecule has 0 saturated heterocycles. The summed E-state index contributed by atoms with van der Waals surface area (Å²) in [5, 5.41) is 0. The van der Waals surface area contributed by atoms with Crippen molar-refractivity contribution in [2.24, 2.45) is 5.73 Å². The van der Waals surface area contributed by atoms with Crippen LogP contribution in [0.2, 0.25) is 0 Å². The Hall–Kier alpha value is -2.49. The number of rotatable bonds is 2. The minimum atomic E-state index is -0.492. The van der Waals surface area contributed by atoms with Crippen LogP contribution in [0.4, 0.5) is 11.4 Å². The Kier molecular flexibility index (Phi) is 2.70. The van der Waals surface area contributed by atoms with Crippen molar-refractivity contribution in [2.75, 3.05) is 11.5 Å². The quantitative estimate of drug-likeness (QED) is 0.680. The Labute approximate surface area is 99.0 Å². The van der Waals surface area contributed by atoms with E-state index in [1.165, 1.54) is 0 Å². The fourth-order valence-corrected chi connectivity index (χ4v) is 1.64. The molecule has 0 fully saturated rings. The largest absolute Gasteiger partial charge is 0.399 e. The normalized spacial score (nSPS) is 10.1. The van der Waals surface area contributed by atoms with Gasteiger partial charge in [-0.05, 0) is 41.5 Å². The summed E-state index contributed by atoms with van der Waals surface area (Å²) in [5.41, 5.74) is 20.0. The van der Waals surface area contributed by atoms with Crippen molar-refractivity contribution in [1.82, 2.24) is 0 Å². The number of carbonyl (C=O) groups is 1. The molecular formula is C13H13N3O. The minimum Gasteiger partial charge on any atom is -0.399 e. The second kappa shape index (κ2) is 4.17. The van der Waals surface area contributed by atoms with Crippen LogP contribution in [-0.2, 0) is 0 Å². The van der Waals surface area contributed by atoms with Gasteiger partial charge in [-0.1, -0.05) is 12.1 Å². The van der Waals surface area contributed by atoms with Crippen molar-refractivity contribution in [2.45, 2.75) is 0 Å². The van der Waals surface area contributed by atoms with Gasteiger partial charge in [0, 0.05) is 16.9 Å². The highest BCUT2D eigenvalue weighted by atomic mass is 16.1. The van der Waals surface area contributed by atoms with Gasteiger partial charge < -0.3 is 17.2 Å². The molecule has 0 radical (unpaired) electrons. The van der Waals surface area contributed by atoms with Crippen molar-refractivity contribution in [3.05, 3.63) is 48.0 Å². The molecule has 0 aromatic heterocycles. The zero-order valence-electron chi connectivity index (χ0n) is 9.18. The van der Waals surface area contributed by atoms with Gasteiger partial charge in [-0.15, -0.1) is 0 Å². The van der Waals surface area contributed by atoms with E-state index in [0.717, 1.165) is 11.1 Å². The lowest BCUT2D eigenvalue weighted by Gasteiger charge is -2.06. The van der Waals surface area contributed by atoms with Gasteiger partial charge in [0.05, 0.1) is 0 Å². The maximum atomic E-state index is 11.1. The zero-order chi connectivity index (χ0) is 12.4. The third kappa shape index (κ3) is 2.36. The molecule has 4 nitrogen and oxygen atoms in total. The first-order valence-corrected chi connectivity index (χ1v) is 5.12. The monoisotopic (exact) mass is 227 g/mol. The predicted octanol–water partition coefficient (Wildman–Crippen LogP) is 1.62. The van der Waals surface area contributed by atoms with Gasteiger partial charge >= 0.3 is 0 Å². The molecule has 2 rings (SSSR count). The Morgan fingerprint density at radius 2 is 1.47 bits per heavy atom. The van der Waals surface area contributed by atoms with E-state index >= 15 is 0 Å². The summed E-state index contributed by atoms with van der Waals surface area (Å²) in [6.45, 7) is 0. The van der Waals surface area contributed by atoms with Gasteiger partial charge in [0.15, 0.2) is 0 Å². The Balaban J connectivity index is 2.51. The molecule has 0 aliphatic heterocycles. The number of benzene rings is 2. The predicted molar refractivity (Wildman–Crippen MR) is 69.2 cm³/mol. The third-order valence-corrected chi connectivity index (χ3v) is 2.48. The van der Waals surface area contributed by atoms with Crippen LogP contribution in [-0.4, -0.2) is 5.91 Å². The van der Waals surface area contributed by atoms with Crippen LogP contribution in [0, 0.1) is 0 Å². The summed E-state index contributed by atoms with van der Waals surface area (Å²) in [5.74, 6) is -0.492. The first-order valence-electron chi connectivity index (χ1n) is 5.12. The maximum absolute atomic E-state index is 11.1. The fourth-order valence-electron chi connectivity index (χ4n) is 1.64. The van der Waals surface area contributed by atoms with Crippen molar-refractivity contribution in [3.63, 3.8) is 0 Å². The van der Waals surface area contributed by atoms with Crippen LogP contribution in [0.1, 0.15) is 10.4 Å². The van der Waals surface area contributed by atoms with Gasteiger partial charge in [0.1, 0.15) is 0 Å². The lowest BCUT2D eigenvalue weighted by Crippen LogP contribution is -2.11. The Morgan fingerprint density at radius 1 is 0.824 bits per heavy atom. The van der Waals surface area contributed by atoms with Crippen molar-refractivity contribution >= 4 is 17.3 Å². The minimum absolute atomic E-state index is 0.400. The van der Waals surface area contributed by atoms with Crippen LogP contribution >= 0.6 is 0 Å². The second-order valence-electron chi connectivity index (χ2n) is 3.83. The number of nitrogen functional groups attached to an aromatic ring is 2. The molecule has 86 valence electrons. The molecule has 0 unspecified atom stereocenters. The van der Waals surface area contributed by atoms with E-state index in [1.807, 2.05) is 12.1 Å². The van der Waals surface area contributed by atoms with Crippen molar-refractivity contribution < 1.29 is 4.79 Å². The molecule has 0 aliphatic carbocycles. The molecule has 0 spiro atoms. The van der Waals surface area contributed by atoms with E-state index in [-0.39, 0.29) is 0 Å². The maximum Gasteiger partial charge on any atom is 0.248 e. The molecule has 0 heterocycles. The highest BCUT2D eigenvalue weighted by molar-refractivity contribution is 5.95. The van der Waals surface area contributed by atoms with Crippen LogP contribution in [0.5, 0.6) is 0 Å². The molecule has 6 N–H and O–H groups in total. The van der Waals surface area contributed by atoms with Crippen molar-refractivity contribution in [3.8, 4) is 11.1 Å². The Morgan fingerprint density at radius 3 is 2.06 bits per heavy atom. The van der Waals surface area contributed by atoms with Gasteiger partial charge in [0.2, 0.25) is 5.91 Å². The van der Waals surface area contributed by atoms with Gasteiger partial charge in [-0.3, -0.25) is 4.79 Å². The summed E-state index contributed by atoms with van der Waals surface area (Å²) < 4.78 is 0. The van der Waals surface area contributed by atoms with E-state index in [0.29, 0.717) is 16.9 Å². The Bertz CT molecular complexity index is 561. The molecule has 1 amide bonds. The lowest BCUT2D eigenvalue weighted by molar-refractivity contribution is 0.100. The number of anilines is 2. The molecule has 2 aromatic rings. The molecule has 0 bridgehead atoms. The molecule has 0 aliphatic rings. The van der Waals surface area contributed by atoms with Gasteiger partial charge in [-0.25, -0.2) is 0 Å². The average Bonchev–Trinajstić information content (AvgIpc) is 2.29. The average molecular weight is 227 g/mol. The van der Waals surface area contributed by atoms with E-state index in [9.17, 15) is 4.79 Å². The number of amides is 1. The van der Waals surface area contributed by atoms with Gasteiger partial charge in [0.25, 0.3) is 0 Å². The fraction of sp³-hybridized carbons (Fsp3) is 0. The van der Waals surface area contributed by atoms with Crippen LogP contribution in [0.15, 0.2) is 42.5 Å². The smallest absolute Gasteiger partial charge is 0.248 e. The molecule has 17 heavy (non-hydrogen) atoms. The number of hydrogen-bond acceptors (Lipinski definition) is 3. The topological polar surface area (TPSA) is 95.1 Å². The highest BCUT2D eigenvalue weighted by Gasteiger charge is 2.05. The summed E-state index contributed by atoms with van der Waals surface area (Å²) in [6, 6.07) is 12.4. The summed E-state index contributed by atoms with van der Waals surface area (Å²) in [7, 11) is 0. The van der Waals surface area contributed by atoms with E-state index in [4.69, 9.17) is 17.2 Å². The molecule has 4 heteroatoms. The third-order valence-electron chi connectivity index (χ3n) is 2.48. The molecule has 0 saturated carbocycles. The van der Waals surface area contributed by atoms with E-state index in [1.54, 1.807) is 30.3 Å². The number of carbonyl (C=O) groups excluding carboxylic acids is 1. The molecular weight excluding hydrogens is 214 g/mol. The number of hydrogen-bond donors (Lipinski definition) is 3. The SMILES string of the molecule is NC(=O)c1cc(N)cc(-c2ccc(N)cc2)c1. The summed E-state index contributed by atoms with van der Waals surface area (Å²) in [6.07, 6.45) is 0. The van der Waals surface area contributed by atoms with E-state index < -0.39 is 5.91 Å². The van der Waals surface area contributed by atoms with E-state index in [2.05, 4.69) is 0 Å². The van der Waals surface area contributed by atoms with Crippen molar-refractivity contribution in [1.29, 1.82) is 0 Å². The highest BCUT2D eigenvalue weighted by Crippen LogP contribution is 2.24. The standard InChI is InChI=1S/C13H13N3O/c14-11-3-1-8(2-4-11)9-5-10(13(16)17)7-12(15)6-9/h1-7H,14-15H2,(H2,16,17). The zero-order valence-corrected chi connectivity index (χ0v) is 9.18. The van der Waals surface area contributed by atoms with Crippen LogP contribution in [0.3, 0.4) is 0 Å². The molecule has 2 aromatic carbocycles. The van der Waals surface area contributed by atoms with Gasteiger partial charge in [-0.2, -0.15) is 0 Å². The first kappa shape index (κ1) is 11.0. The summed E-state index contributed by atoms with van der Waals surface area (Å²) >= 11 is 0. The second-order valence-corrected chi connectivity index (χ2v) is 3.83.